The van der Waals surface area contributed by atoms with Gasteiger partial charge in [-0.3, -0.25) is 4.79 Å². The Morgan fingerprint density at radius 3 is 2.75 bits per heavy atom. The fraction of sp³-hybridized carbons (Fsp3) is 0.889. The fourth-order valence-corrected chi connectivity index (χ4v) is 1.41. The maximum absolute atomic E-state index is 11.0. The molecule has 0 aromatic heterocycles. The molecule has 1 saturated heterocycles. The summed E-state index contributed by atoms with van der Waals surface area (Å²) in [6, 6.07) is 0. The molecule has 1 heterocycles. The first-order valence-electron chi connectivity index (χ1n) is 4.46. The molecule has 0 aromatic rings. The molecule has 0 N–H and O–H groups in total. The Morgan fingerprint density at radius 2 is 2.25 bits per heavy atom. The van der Waals surface area contributed by atoms with Gasteiger partial charge in [0.25, 0.3) is 0 Å². The highest BCUT2D eigenvalue weighted by Crippen LogP contribution is 2.20. The van der Waals surface area contributed by atoms with Crippen LogP contribution in [0.25, 0.3) is 0 Å². The van der Waals surface area contributed by atoms with E-state index >= 15 is 0 Å². The van der Waals surface area contributed by atoms with Gasteiger partial charge in [-0.2, -0.15) is 0 Å². The van der Waals surface area contributed by atoms with Gasteiger partial charge < -0.3 is 9.64 Å². The van der Waals surface area contributed by atoms with E-state index in [4.69, 9.17) is 4.74 Å². The van der Waals surface area contributed by atoms with Crippen molar-refractivity contribution in [2.24, 2.45) is 5.92 Å². The minimum absolute atomic E-state index is 0.00579. The monoisotopic (exact) mass is 171 g/mol. The van der Waals surface area contributed by atoms with E-state index in [1.807, 2.05) is 0 Å². The van der Waals surface area contributed by atoms with Crippen molar-refractivity contribution >= 4 is 5.91 Å². The van der Waals surface area contributed by atoms with Gasteiger partial charge in [-0.25, -0.2) is 0 Å². The minimum atomic E-state index is 0.00579. The summed E-state index contributed by atoms with van der Waals surface area (Å²) in [6.07, 6.45) is 2.09. The predicted octanol–water partition coefficient (Wildman–Crippen LogP) is 1.24. The second-order valence-electron chi connectivity index (χ2n) is 3.58. The smallest absolute Gasteiger partial charge is 0.221 e. The molecule has 0 aliphatic carbocycles. The summed E-state index contributed by atoms with van der Waals surface area (Å²) in [5.74, 6) is 0.750. The van der Waals surface area contributed by atoms with Crippen molar-refractivity contribution in [1.29, 1.82) is 0 Å². The molecule has 0 radical (unpaired) electrons. The van der Waals surface area contributed by atoms with E-state index in [9.17, 15) is 4.79 Å². The summed E-state index contributed by atoms with van der Waals surface area (Å²) in [6.45, 7) is 4.55. The molecule has 0 aromatic carbocycles. The van der Waals surface area contributed by atoms with Crippen molar-refractivity contribution in [3.63, 3.8) is 0 Å². The lowest BCUT2D eigenvalue weighted by molar-refractivity contribution is -0.147. The van der Waals surface area contributed by atoms with E-state index in [1.165, 1.54) is 0 Å². The van der Waals surface area contributed by atoms with E-state index in [2.05, 4.69) is 6.92 Å². The topological polar surface area (TPSA) is 29.5 Å². The van der Waals surface area contributed by atoms with E-state index in [0.717, 1.165) is 19.4 Å². The molecule has 1 aliphatic heterocycles. The highest BCUT2D eigenvalue weighted by Gasteiger charge is 2.24. The number of hydrogen-bond donors (Lipinski definition) is 0. The van der Waals surface area contributed by atoms with Gasteiger partial charge in [-0.15, -0.1) is 0 Å². The molecule has 12 heavy (non-hydrogen) atoms. The molecule has 1 aliphatic rings. The van der Waals surface area contributed by atoms with Crippen LogP contribution in [0.2, 0.25) is 0 Å². The van der Waals surface area contributed by atoms with Crippen molar-refractivity contribution in [3.8, 4) is 0 Å². The molecule has 3 heteroatoms. The number of nitrogens with zero attached hydrogens (tertiary/aromatic N) is 1. The third-order valence-corrected chi connectivity index (χ3v) is 2.45. The van der Waals surface area contributed by atoms with Crippen molar-refractivity contribution in [1.82, 2.24) is 4.90 Å². The summed E-state index contributed by atoms with van der Waals surface area (Å²) in [5, 5.41) is 0. The van der Waals surface area contributed by atoms with Crippen molar-refractivity contribution < 1.29 is 9.53 Å². The second-order valence-corrected chi connectivity index (χ2v) is 3.58. The third-order valence-electron chi connectivity index (χ3n) is 2.45. The Balaban J connectivity index is 2.45. The first-order chi connectivity index (χ1) is 5.61. The molecule has 0 bridgehead atoms. The molecule has 0 spiro atoms. The van der Waals surface area contributed by atoms with Crippen LogP contribution in [0.15, 0.2) is 0 Å². The summed E-state index contributed by atoms with van der Waals surface area (Å²) < 4.78 is 5.48. The molecule has 3 nitrogen and oxygen atoms in total. The largest absolute Gasteiger partial charge is 0.358 e. The van der Waals surface area contributed by atoms with Gasteiger partial charge in [0.15, 0.2) is 0 Å². The number of ether oxygens (including phenoxy) is 1. The maximum Gasteiger partial charge on any atom is 0.221 e. The van der Waals surface area contributed by atoms with Crippen molar-refractivity contribution in [2.45, 2.75) is 32.9 Å². The van der Waals surface area contributed by atoms with Crippen LogP contribution in [0.5, 0.6) is 0 Å². The molecule has 0 saturated carbocycles. The number of carbonyl (C=O) groups is 1. The first-order valence-corrected chi connectivity index (χ1v) is 4.46. The van der Waals surface area contributed by atoms with Gasteiger partial charge in [-0.05, 0) is 18.8 Å². The Hall–Kier alpha value is -0.570. The summed E-state index contributed by atoms with van der Waals surface area (Å²) in [4.78, 5) is 12.7. The van der Waals surface area contributed by atoms with Crippen LogP contribution in [0.4, 0.5) is 0 Å². The Kier molecular flexibility index (Phi) is 3.09. The highest BCUT2D eigenvalue weighted by atomic mass is 16.5. The minimum Gasteiger partial charge on any atom is -0.358 e. The normalized spacial score (nSPS) is 29.9. The Labute approximate surface area is 73.7 Å². The first kappa shape index (κ1) is 9.52. The third kappa shape index (κ3) is 2.21. The van der Waals surface area contributed by atoms with Crippen molar-refractivity contribution in [3.05, 3.63) is 0 Å². The molecule has 0 unspecified atom stereocenters. The van der Waals surface area contributed by atoms with Crippen LogP contribution in [-0.2, 0) is 9.53 Å². The van der Waals surface area contributed by atoms with Crippen molar-refractivity contribution in [2.75, 3.05) is 13.7 Å². The molecule has 70 valence electrons. The van der Waals surface area contributed by atoms with E-state index < -0.39 is 0 Å². The number of amides is 1. The van der Waals surface area contributed by atoms with Gasteiger partial charge in [0.1, 0.15) is 6.23 Å². The lowest BCUT2D eigenvalue weighted by Crippen LogP contribution is -2.41. The van der Waals surface area contributed by atoms with Gasteiger partial charge >= 0.3 is 0 Å². The average Bonchev–Trinajstić information content (AvgIpc) is 2.03. The van der Waals surface area contributed by atoms with Crippen LogP contribution in [0.1, 0.15) is 26.7 Å². The Bertz CT molecular complexity index is 170. The Morgan fingerprint density at radius 1 is 1.58 bits per heavy atom. The van der Waals surface area contributed by atoms with E-state index in [0.29, 0.717) is 5.92 Å². The summed E-state index contributed by atoms with van der Waals surface area (Å²) in [5.41, 5.74) is 0. The maximum atomic E-state index is 11.0. The van der Waals surface area contributed by atoms with Gasteiger partial charge in [-0.1, -0.05) is 6.92 Å². The van der Waals surface area contributed by atoms with Gasteiger partial charge in [0, 0.05) is 20.6 Å². The number of hydrogen-bond acceptors (Lipinski definition) is 2. The lowest BCUT2D eigenvalue weighted by Gasteiger charge is -2.33. The molecule has 1 rings (SSSR count). The van der Waals surface area contributed by atoms with Crippen LogP contribution >= 0.6 is 0 Å². The molecule has 1 fully saturated rings. The quantitative estimate of drug-likeness (QED) is 0.594. The zero-order valence-electron chi connectivity index (χ0n) is 8.04. The molecular formula is C9H17NO2. The average molecular weight is 171 g/mol. The van der Waals surface area contributed by atoms with Crippen LogP contribution < -0.4 is 0 Å². The lowest BCUT2D eigenvalue weighted by atomic mass is 10.0. The van der Waals surface area contributed by atoms with E-state index in [-0.39, 0.29) is 12.1 Å². The standard InChI is InChI=1S/C9H17NO2/c1-7-4-5-12-9(6-7)10(3)8(2)11/h7,9H,4-6H2,1-3H3/t7-,9+/m0/s1. The number of rotatable bonds is 1. The van der Waals surface area contributed by atoms with Gasteiger partial charge in [0.05, 0.1) is 0 Å². The zero-order valence-corrected chi connectivity index (χ0v) is 8.04. The number of carbonyl (C=O) groups excluding carboxylic acids is 1. The molecule has 1 amide bonds. The fourth-order valence-electron chi connectivity index (χ4n) is 1.41. The molecule has 2 atom stereocenters. The van der Waals surface area contributed by atoms with Gasteiger partial charge in [0.2, 0.25) is 5.91 Å². The summed E-state index contributed by atoms with van der Waals surface area (Å²) >= 11 is 0. The molecular weight excluding hydrogens is 154 g/mol. The SMILES string of the molecule is CC(=O)N(C)[C@H]1C[C@@H](C)CCO1. The zero-order chi connectivity index (χ0) is 9.14. The highest BCUT2D eigenvalue weighted by molar-refractivity contribution is 5.73. The van der Waals surface area contributed by atoms with Crippen LogP contribution in [-0.4, -0.2) is 30.7 Å². The van der Waals surface area contributed by atoms with Crippen LogP contribution in [0, 0.1) is 5.92 Å². The predicted molar refractivity (Wildman–Crippen MR) is 46.6 cm³/mol. The van der Waals surface area contributed by atoms with E-state index in [1.54, 1.807) is 18.9 Å². The second kappa shape index (κ2) is 3.90. The van der Waals surface area contributed by atoms with Crippen LogP contribution in [0.3, 0.4) is 0 Å². The summed E-state index contributed by atoms with van der Waals surface area (Å²) in [7, 11) is 1.80.